The van der Waals surface area contributed by atoms with Crippen molar-refractivity contribution in [3.05, 3.63) is 48.6 Å². The molecule has 6 heteroatoms. The van der Waals surface area contributed by atoms with Crippen molar-refractivity contribution >= 4 is 17.9 Å². The van der Waals surface area contributed by atoms with Gasteiger partial charge in [-0.1, -0.05) is 172 Å². The van der Waals surface area contributed by atoms with Gasteiger partial charge in [0.2, 0.25) is 0 Å². The van der Waals surface area contributed by atoms with Gasteiger partial charge in [0, 0.05) is 19.3 Å². The van der Waals surface area contributed by atoms with E-state index < -0.39 is 6.10 Å². The van der Waals surface area contributed by atoms with Crippen LogP contribution in [0.4, 0.5) is 0 Å². The van der Waals surface area contributed by atoms with E-state index in [0.29, 0.717) is 19.3 Å². The fourth-order valence-corrected chi connectivity index (χ4v) is 6.64. The molecule has 0 aromatic carbocycles. The summed E-state index contributed by atoms with van der Waals surface area (Å²) >= 11 is 0. The monoisotopic (exact) mass is 799 g/mol. The predicted molar refractivity (Wildman–Crippen MR) is 242 cm³/mol. The first-order chi connectivity index (χ1) is 28.0. The first-order valence-corrected chi connectivity index (χ1v) is 24.1. The summed E-state index contributed by atoms with van der Waals surface area (Å²) in [5, 5.41) is 0. The van der Waals surface area contributed by atoms with E-state index in [0.717, 1.165) is 109 Å². The highest BCUT2D eigenvalue weighted by Crippen LogP contribution is 2.13. The Morgan fingerprint density at radius 3 is 1.11 bits per heavy atom. The van der Waals surface area contributed by atoms with Gasteiger partial charge < -0.3 is 14.2 Å². The normalized spacial score (nSPS) is 12.4. The number of ether oxygens (including phenoxy) is 3. The van der Waals surface area contributed by atoms with Crippen LogP contribution in [0.5, 0.6) is 0 Å². The summed E-state index contributed by atoms with van der Waals surface area (Å²) in [5.41, 5.74) is 0. The molecular formula is C51H90O6. The third-order valence-electron chi connectivity index (χ3n) is 10.3. The molecule has 0 fully saturated rings. The maximum Gasteiger partial charge on any atom is 0.306 e. The Bertz CT molecular complexity index is 1010. The van der Waals surface area contributed by atoms with Crippen LogP contribution in [0, 0.1) is 0 Å². The van der Waals surface area contributed by atoms with Gasteiger partial charge >= 0.3 is 17.9 Å². The van der Waals surface area contributed by atoms with Crippen molar-refractivity contribution in [2.24, 2.45) is 0 Å². The molecule has 0 amide bonds. The van der Waals surface area contributed by atoms with Gasteiger partial charge in [0.25, 0.3) is 0 Å². The van der Waals surface area contributed by atoms with Gasteiger partial charge in [0.1, 0.15) is 13.2 Å². The number of carbonyl (C=O) groups excluding carboxylic acids is 3. The number of esters is 3. The average Bonchev–Trinajstić information content (AvgIpc) is 3.21. The van der Waals surface area contributed by atoms with Crippen molar-refractivity contribution < 1.29 is 28.6 Å². The molecule has 0 saturated carbocycles. The van der Waals surface area contributed by atoms with Crippen LogP contribution in [-0.4, -0.2) is 37.2 Å². The quantitative estimate of drug-likeness (QED) is 0.0265. The van der Waals surface area contributed by atoms with Gasteiger partial charge in [-0.3, -0.25) is 14.4 Å². The average molecular weight is 799 g/mol. The van der Waals surface area contributed by atoms with Crippen LogP contribution < -0.4 is 0 Å². The molecule has 330 valence electrons. The lowest BCUT2D eigenvalue weighted by molar-refractivity contribution is -0.167. The van der Waals surface area contributed by atoms with Crippen molar-refractivity contribution in [1.29, 1.82) is 0 Å². The zero-order valence-electron chi connectivity index (χ0n) is 37.6. The van der Waals surface area contributed by atoms with Crippen LogP contribution in [0.15, 0.2) is 48.6 Å². The molecule has 0 saturated heterocycles. The summed E-state index contributed by atoms with van der Waals surface area (Å²) in [5.74, 6) is -0.919. The van der Waals surface area contributed by atoms with E-state index in [2.05, 4.69) is 69.4 Å². The van der Waals surface area contributed by atoms with E-state index in [1.165, 1.54) is 89.9 Å². The summed E-state index contributed by atoms with van der Waals surface area (Å²) in [7, 11) is 0. The first-order valence-electron chi connectivity index (χ1n) is 24.1. The molecule has 0 aromatic rings. The number of hydrogen-bond donors (Lipinski definition) is 0. The van der Waals surface area contributed by atoms with Crippen molar-refractivity contribution in [2.45, 2.75) is 245 Å². The molecule has 0 heterocycles. The summed E-state index contributed by atoms with van der Waals surface area (Å²) < 4.78 is 16.7. The van der Waals surface area contributed by atoms with Gasteiger partial charge in [0.15, 0.2) is 6.10 Å². The highest BCUT2D eigenvalue weighted by Gasteiger charge is 2.19. The maximum atomic E-state index is 12.7. The Hall–Kier alpha value is -2.63. The maximum absolute atomic E-state index is 12.7. The fourth-order valence-electron chi connectivity index (χ4n) is 6.64. The summed E-state index contributed by atoms with van der Waals surface area (Å²) in [6, 6.07) is 0. The lowest BCUT2D eigenvalue weighted by Crippen LogP contribution is -2.30. The molecule has 0 aliphatic rings. The summed E-state index contributed by atoms with van der Waals surface area (Å²) in [4.78, 5) is 37.8. The van der Waals surface area contributed by atoms with Crippen LogP contribution >= 0.6 is 0 Å². The highest BCUT2D eigenvalue weighted by atomic mass is 16.6. The van der Waals surface area contributed by atoms with Gasteiger partial charge in [-0.2, -0.15) is 0 Å². The molecule has 0 rings (SSSR count). The topological polar surface area (TPSA) is 78.9 Å². The van der Waals surface area contributed by atoms with Crippen molar-refractivity contribution in [3.8, 4) is 0 Å². The van der Waals surface area contributed by atoms with E-state index in [1.54, 1.807) is 0 Å². The Balaban J connectivity index is 4.38. The highest BCUT2D eigenvalue weighted by molar-refractivity contribution is 5.71. The Morgan fingerprint density at radius 1 is 0.368 bits per heavy atom. The molecule has 0 aliphatic heterocycles. The van der Waals surface area contributed by atoms with E-state index in [-0.39, 0.29) is 31.1 Å². The predicted octanol–water partition coefficient (Wildman–Crippen LogP) is 15.5. The third-order valence-corrected chi connectivity index (χ3v) is 10.3. The molecule has 0 aliphatic carbocycles. The SMILES string of the molecule is CCC=CCCCCCCCC(=O)OCC(COC(=O)CCCCCCCC=CCCCCCCCC)OC(=O)CCCCCCCC=CCC=CCCCCC. The van der Waals surface area contributed by atoms with Crippen LogP contribution in [0.3, 0.4) is 0 Å². The standard InChI is InChI=1S/C51H90O6/c1-4-7-10-13-16-19-21-23-25-27-29-32-35-38-41-44-50(53)56-47-48(46-55-49(52)43-40-37-34-31-18-15-12-9-6-3)57-51(54)45-42-39-36-33-30-28-26-24-22-20-17-14-11-8-5-2/h9,12,17,20,23-26,48H,4-8,10-11,13-16,18-19,21-22,27-47H2,1-3H3. The van der Waals surface area contributed by atoms with Crippen molar-refractivity contribution in [3.63, 3.8) is 0 Å². The fraction of sp³-hybridized carbons (Fsp3) is 0.784. The Labute approximate surface area is 352 Å². The van der Waals surface area contributed by atoms with E-state index in [1.807, 2.05) is 0 Å². The number of hydrogen-bond acceptors (Lipinski definition) is 6. The smallest absolute Gasteiger partial charge is 0.306 e. The Morgan fingerprint density at radius 2 is 0.684 bits per heavy atom. The molecule has 0 spiro atoms. The van der Waals surface area contributed by atoms with Crippen molar-refractivity contribution in [1.82, 2.24) is 0 Å². The van der Waals surface area contributed by atoms with Gasteiger partial charge in [-0.25, -0.2) is 0 Å². The zero-order chi connectivity index (χ0) is 41.5. The van der Waals surface area contributed by atoms with Crippen LogP contribution in [0.25, 0.3) is 0 Å². The molecule has 6 nitrogen and oxygen atoms in total. The van der Waals surface area contributed by atoms with E-state index in [4.69, 9.17) is 14.2 Å². The lowest BCUT2D eigenvalue weighted by atomic mass is 10.1. The molecule has 0 radical (unpaired) electrons. The van der Waals surface area contributed by atoms with Crippen molar-refractivity contribution in [2.75, 3.05) is 13.2 Å². The third kappa shape index (κ3) is 44.3. The second kappa shape index (κ2) is 46.1. The van der Waals surface area contributed by atoms with Gasteiger partial charge in [-0.15, -0.1) is 0 Å². The van der Waals surface area contributed by atoms with Crippen LogP contribution in [0.2, 0.25) is 0 Å². The second-order valence-corrected chi connectivity index (χ2v) is 16.0. The molecule has 0 bridgehead atoms. The number of allylic oxidation sites excluding steroid dienone is 8. The summed E-state index contributed by atoms with van der Waals surface area (Å²) in [6.07, 6.45) is 53.8. The number of unbranched alkanes of at least 4 members (excludes halogenated alkanes) is 24. The largest absolute Gasteiger partial charge is 0.462 e. The van der Waals surface area contributed by atoms with E-state index in [9.17, 15) is 14.4 Å². The minimum absolute atomic E-state index is 0.0857. The van der Waals surface area contributed by atoms with Gasteiger partial charge in [0.05, 0.1) is 0 Å². The molecule has 0 N–H and O–H groups in total. The molecule has 1 atom stereocenters. The van der Waals surface area contributed by atoms with Gasteiger partial charge in [-0.05, 0) is 96.3 Å². The minimum Gasteiger partial charge on any atom is -0.462 e. The number of rotatable bonds is 43. The van der Waals surface area contributed by atoms with E-state index >= 15 is 0 Å². The minimum atomic E-state index is -0.784. The summed E-state index contributed by atoms with van der Waals surface area (Å²) in [6.45, 7) is 6.47. The molecular weight excluding hydrogens is 709 g/mol. The zero-order valence-corrected chi connectivity index (χ0v) is 37.6. The second-order valence-electron chi connectivity index (χ2n) is 16.0. The van der Waals surface area contributed by atoms with Crippen LogP contribution in [-0.2, 0) is 28.6 Å². The lowest BCUT2D eigenvalue weighted by Gasteiger charge is -2.18. The molecule has 1 unspecified atom stereocenters. The Kier molecular flexibility index (Phi) is 43.9. The number of carbonyl (C=O) groups is 3. The molecule has 0 aromatic heterocycles. The molecule has 57 heavy (non-hydrogen) atoms. The first kappa shape index (κ1) is 54.4. The van der Waals surface area contributed by atoms with Crippen LogP contribution in [0.1, 0.15) is 239 Å².